The summed E-state index contributed by atoms with van der Waals surface area (Å²) in [5.41, 5.74) is 1.44. The number of nitrogens with one attached hydrogen (secondary N) is 1. The molecule has 0 unspecified atom stereocenters. The first-order valence-corrected chi connectivity index (χ1v) is 8.16. The molecule has 0 radical (unpaired) electrons. The number of hydrogen-bond donors (Lipinski definition) is 1. The molecule has 1 heterocycles. The first-order valence-electron chi connectivity index (χ1n) is 8.16. The zero-order valence-electron chi connectivity index (χ0n) is 13.9. The molecule has 2 amide bonds. The molecule has 1 aliphatic carbocycles. The second-order valence-electron chi connectivity index (χ2n) is 6.06. The van der Waals surface area contributed by atoms with E-state index in [1.807, 2.05) is 0 Å². The van der Waals surface area contributed by atoms with Crippen LogP contribution in [-0.2, 0) is 4.79 Å². The van der Waals surface area contributed by atoms with Crippen molar-refractivity contribution in [3.05, 3.63) is 29.7 Å². The zero-order valence-corrected chi connectivity index (χ0v) is 13.9. The summed E-state index contributed by atoms with van der Waals surface area (Å²) in [6.45, 7) is 6.26. The summed E-state index contributed by atoms with van der Waals surface area (Å²) in [7, 11) is 1.77. The smallest absolute Gasteiger partial charge is 0.259 e. The van der Waals surface area contributed by atoms with E-state index in [0.29, 0.717) is 36.8 Å². The van der Waals surface area contributed by atoms with Crippen LogP contribution in [0.1, 0.15) is 59.8 Å². The molecule has 0 atom stereocenters. The summed E-state index contributed by atoms with van der Waals surface area (Å²) in [5.74, 6) is 0.675. The van der Waals surface area contributed by atoms with Crippen LogP contribution in [-0.4, -0.2) is 42.0 Å². The molecule has 1 aliphatic rings. The number of nitrogens with zero attached hydrogens (tertiary/aromatic N) is 2. The molecule has 0 bridgehead atoms. The van der Waals surface area contributed by atoms with E-state index in [0.717, 1.165) is 18.5 Å². The summed E-state index contributed by atoms with van der Waals surface area (Å²) in [6.07, 6.45) is 6.44. The average Bonchev–Trinajstić information content (AvgIpc) is 3.19. The number of amides is 2. The molecule has 0 saturated heterocycles. The molecule has 6 nitrogen and oxygen atoms in total. The van der Waals surface area contributed by atoms with Crippen molar-refractivity contribution < 1.29 is 14.1 Å². The number of aromatic nitrogens is 1. The minimum absolute atomic E-state index is 0.0549. The standard InChI is InChI=1S/C17H25N3O3/c1-4-14(21)18-10-7-11-20(3)17(22)15-12(2)23-19-16(15)13-8-5-6-9-13/h4,13H,1,5-11H2,2-3H3,(H,18,21). The maximum Gasteiger partial charge on any atom is 0.259 e. The van der Waals surface area contributed by atoms with E-state index in [2.05, 4.69) is 17.1 Å². The topological polar surface area (TPSA) is 75.4 Å². The SMILES string of the molecule is C=CC(=O)NCCCN(C)C(=O)c1c(C2CCCC2)noc1C. The predicted octanol–water partition coefficient (Wildman–Crippen LogP) is 2.40. The van der Waals surface area contributed by atoms with E-state index in [1.54, 1.807) is 18.9 Å². The van der Waals surface area contributed by atoms with Gasteiger partial charge >= 0.3 is 0 Å². The van der Waals surface area contributed by atoms with Gasteiger partial charge in [0.15, 0.2) is 0 Å². The minimum Gasteiger partial charge on any atom is -0.361 e. The van der Waals surface area contributed by atoms with Gasteiger partial charge in [0.25, 0.3) is 5.91 Å². The Balaban J connectivity index is 1.95. The Morgan fingerprint density at radius 2 is 2.13 bits per heavy atom. The van der Waals surface area contributed by atoms with Gasteiger partial charge in [-0.25, -0.2) is 0 Å². The van der Waals surface area contributed by atoms with Gasteiger partial charge < -0.3 is 14.7 Å². The van der Waals surface area contributed by atoms with Gasteiger partial charge in [-0.1, -0.05) is 24.6 Å². The molecule has 1 aromatic heterocycles. The summed E-state index contributed by atoms with van der Waals surface area (Å²) in [4.78, 5) is 25.5. The Morgan fingerprint density at radius 1 is 1.43 bits per heavy atom. The minimum atomic E-state index is -0.197. The van der Waals surface area contributed by atoms with Crippen molar-refractivity contribution >= 4 is 11.8 Å². The monoisotopic (exact) mass is 319 g/mol. The van der Waals surface area contributed by atoms with Gasteiger partial charge in [-0.05, 0) is 32.3 Å². The van der Waals surface area contributed by atoms with Crippen molar-refractivity contribution in [1.82, 2.24) is 15.4 Å². The highest BCUT2D eigenvalue weighted by Crippen LogP contribution is 2.36. The van der Waals surface area contributed by atoms with Crippen LogP contribution in [0.15, 0.2) is 17.2 Å². The lowest BCUT2D eigenvalue weighted by Crippen LogP contribution is -2.31. The van der Waals surface area contributed by atoms with Gasteiger partial charge in [0.2, 0.25) is 5.91 Å². The Morgan fingerprint density at radius 3 is 2.78 bits per heavy atom. The Bertz CT molecular complexity index is 574. The van der Waals surface area contributed by atoms with E-state index in [1.165, 1.54) is 18.9 Å². The van der Waals surface area contributed by atoms with E-state index in [4.69, 9.17) is 4.52 Å². The van der Waals surface area contributed by atoms with Gasteiger partial charge in [0, 0.05) is 26.1 Å². The molecular weight excluding hydrogens is 294 g/mol. The van der Waals surface area contributed by atoms with Crippen LogP contribution in [0.2, 0.25) is 0 Å². The van der Waals surface area contributed by atoms with Crippen molar-refractivity contribution in [3.63, 3.8) is 0 Å². The van der Waals surface area contributed by atoms with E-state index >= 15 is 0 Å². The summed E-state index contributed by atoms with van der Waals surface area (Å²) in [5, 5.41) is 6.84. The quantitative estimate of drug-likeness (QED) is 0.618. The van der Waals surface area contributed by atoms with Gasteiger partial charge in [0.05, 0.1) is 5.69 Å². The normalized spacial score (nSPS) is 14.7. The van der Waals surface area contributed by atoms with Gasteiger partial charge in [-0.15, -0.1) is 0 Å². The molecule has 23 heavy (non-hydrogen) atoms. The number of aryl methyl sites for hydroxylation is 1. The maximum atomic E-state index is 12.7. The van der Waals surface area contributed by atoms with Crippen LogP contribution < -0.4 is 5.32 Å². The molecule has 6 heteroatoms. The molecule has 2 rings (SSSR count). The van der Waals surface area contributed by atoms with Gasteiger partial charge in [-0.2, -0.15) is 0 Å². The summed E-state index contributed by atoms with van der Waals surface area (Å²) in [6, 6.07) is 0. The molecule has 0 aliphatic heterocycles. The summed E-state index contributed by atoms with van der Waals surface area (Å²) < 4.78 is 5.29. The second-order valence-corrected chi connectivity index (χ2v) is 6.06. The highest BCUT2D eigenvalue weighted by Gasteiger charge is 2.29. The Labute approximate surface area is 136 Å². The molecule has 0 aromatic carbocycles. The van der Waals surface area contributed by atoms with Crippen LogP contribution in [0.25, 0.3) is 0 Å². The highest BCUT2D eigenvalue weighted by molar-refractivity contribution is 5.96. The zero-order chi connectivity index (χ0) is 16.8. The van der Waals surface area contributed by atoms with E-state index in [-0.39, 0.29) is 11.8 Å². The lowest BCUT2D eigenvalue weighted by atomic mass is 9.98. The van der Waals surface area contributed by atoms with Gasteiger partial charge in [-0.3, -0.25) is 9.59 Å². The van der Waals surface area contributed by atoms with Crippen molar-refractivity contribution in [2.45, 2.75) is 44.9 Å². The van der Waals surface area contributed by atoms with Crippen LogP contribution in [0.4, 0.5) is 0 Å². The fraction of sp³-hybridized carbons (Fsp3) is 0.588. The van der Waals surface area contributed by atoms with Crippen LogP contribution >= 0.6 is 0 Å². The second kappa shape index (κ2) is 7.94. The Hall–Kier alpha value is -2.11. The molecule has 1 aromatic rings. The first-order chi connectivity index (χ1) is 11.0. The number of carbonyl (C=O) groups is 2. The largest absolute Gasteiger partial charge is 0.361 e. The van der Waals surface area contributed by atoms with Crippen LogP contribution in [0, 0.1) is 6.92 Å². The van der Waals surface area contributed by atoms with E-state index < -0.39 is 0 Å². The lowest BCUT2D eigenvalue weighted by Gasteiger charge is -2.18. The van der Waals surface area contributed by atoms with Crippen LogP contribution in [0.5, 0.6) is 0 Å². The van der Waals surface area contributed by atoms with E-state index in [9.17, 15) is 9.59 Å². The third kappa shape index (κ3) is 4.21. The van der Waals surface area contributed by atoms with Crippen molar-refractivity contribution in [3.8, 4) is 0 Å². The number of hydrogen-bond acceptors (Lipinski definition) is 4. The van der Waals surface area contributed by atoms with Crippen molar-refractivity contribution in [2.75, 3.05) is 20.1 Å². The third-order valence-electron chi connectivity index (χ3n) is 4.35. The molecule has 0 spiro atoms. The first kappa shape index (κ1) is 17.2. The van der Waals surface area contributed by atoms with Crippen LogP contribution in [0.3, 0.4) is 0 Å². The van der Waals surface area contributed by atoms with Crippen molar-refractivity contribution in [2.24, 2.45) is 0 Å². The highest BCUT2D eigenvalue weighted by atomic mass is 16.5. The third-order valence-corrected chi connectivity index (χ3v) is 4.35. The Kier molecular flexibility index (Phi) is 5.96. The summed E-state index contributed by atoms with van der Waals surface area (Å²) >= 11 is 0. The molecule has 1 fully saturated rings. The van der Waals surface area contributed by atoms with Gasteiger partial charge in [0.1, 0.15) is 11.3 Å². The fourth-order valence-electron chi connectivity index (χ4n) is 3.02. The molecular formula is C17H25N3O3. The molecule has 1 saturated carbocycles. The maximum absolute atomic E-state index is 12.7. The van der Waals surface area contributed by atoms with Crippen molar-refractivity contribution in [1.29, 1.82) is 0 Å². The average molecular weight is 319 g/mol. The molecule has 1 N–H and O–H groups in total. The lowest BCUT2D eigenvalue weighted by molar-refractivity contribution is -0.116. The number of carbonyl (C=O) groups excluding carboxylic acids is 2. The fourth-order valence-corrected chi connectivity index (χ4v) is 3.02. The number of rotatable bonds is 7. The molecule has 126 valence electrons. The predicted molar refractivity (Wildman–Crippen MR) is 87.2 cm³/mol.